The maximum atomic E-state index is 12.9. The van der Waals surface area contributed by atoms with Crippen molar-refractivity contribution in [2.75, 3.05) is 0 Å². The van der Waals surface area contributed by atoms with Gasteiger partial charge in [-0.05, 0) is 42.0 Å². The van der Waals surface area contributed by atoms with Gasteiger partial charge in [-0.15, -0.1) is 5.10 Å². The average Bonchev–Trinajstić information content (AvgIpc) is 3.09. The normalized spacial score (nSPS) is 11.8. The molecule has 0 spiro atoms. The van der Waals surface area contributed by atoms with Crippen LogP contribution in [0.5, 0.6) is 0 Å². The first kappa shape index (κ1) is 18.3. The number of H-pyrrole nitrogens is 1. The van der Waals surface area contributed by atoms with Crippen LogP contribution in [-0.2, 0) is 6.54 Å². The largest absolute Gasteiger partial charge is 0.408 e. The minimum absolute atomic E-state index is 0.0729. The first-order valence-electron chi connectivity index (χ1n) is 7.50. The number of alkyl halides is 3. The van der Waals surface area contributed by atoms with Gasteiger partial charge in [-0.25, -0.2) is 4.68 Å². The fourth-order valence-corrected chi connectivity index (χ4v) is 3.15. The van der Waals surface area contributed by atoms with Gasteiger partial charge >= 0.3 is 6.18 Å². The molecule has 0 radical (unpaired) electrons. The van der Waals surface area contributed by atoms with Crippen molar-refractivity contribution in [2.45, 2.75) is 26.6 Å². The third-order valence-corrected chi connectivity index (χ3v) is 4.33. The van der Waals surface area contributed by atoms with E-state index in [1.165, 1.54) is 0 Å². The Morgan fingerprint density at radius 1 is 1.31 bits per heavy atom. The van der Waals surface area contributed by atoms with Crippen LogP contribution in [0.25, 0.3) is 11.5 Å². The van der Waals surface area contributed by atoms with Gasteiger partial charge in [0.1, 0.15) is 6.54 Å². The third kappa shape index (κ3) is 3.55. The number of tetrazole rings is 1. The average molecular weight is 428 g/mol. The first-order valence-corrected chi connectivity index (χ1v) is 8.29. The van der Waals surface area contributed by atoms with E-state index in [-0.39, 0.29) is 17.3 Å². The highest BCUT2D eigenvalue weighted by molar-refractivity contribution is 9.10. The molecule has 2 heterocycles. The van der Waals surface area contributed by atoms with E-state index in [0.29, 0.717) is 27.1 Å². The van der Waals surface area contributed by atoms with Crippen LogP contribution in [0.3, 0.4) is 0 Å². The van der Waals surface area contributed by atoms with Crippen LogP contribution in [0.4, 0.5) is 13.2 Å². The van der Waals surface area contributed by atoms with E-state index in [2.05, 4.69) is 36.4 Å². The first-order chi connectivity index (χ1) is 12.2. The zero-order chi connectivity index (χ0) is 19.1. The number of halogens is 4. The quantitative estimate of drug-likeness (QED) is 0.641. The second-order valence-corrected chi connectivity index (χ2v) is 6.66. The molecule has 10 heteroatoms. The third-order valence-electron chi connectivity index (χ3n) is 3.84. The SMILES string of the molecule is Cc1[nH]c(-c2nnnn2CC(F)(F)F)c(C)c1C(=O)c1cccc(Br)c1. The molecule has 3 rings (SSSR count). The van der Waals surface area contributed by atoms with Crippen LogP contribution in [0, 0.1) is 13.8 Å². The molecule has 0 saturated carbocycles. The van der Waals surface area contributed by atoms with Crippen molar-refractivity contribution in [3.63, 3.8) is 0 Å². The predicted octanol–water partition coefficient (Wildman–Crippen LogP) is 3.84. The Morgan fingerprint density at radius 2 is 2.04 bits per heavy atom. The summed E-state index contributed by atoms with van der Waals surface area (Å²) >= 11 is 3.32. The van der Waals surface area contributed by atoms with Crippen LogP contribution in [-0.4, -0.2) is 37.2 Å². The Labute approximate surface area is 154 Å². The lowest BCUT2D eigenvalue weighted by Gasteiger charge is -2.07. The van der Waals surface area contributed by atoms with Crippen molar-refractivity contribution >= 4 is 21.7 Å². The maximum Gasteiger partial charge on any atom is 0.408 e. The predicted molar refractivity (Wildman–Crippen MR) is 90.7 cm³/mol. The standard InChI is InChI=1S/C16H13BrF3N5O/c1-8-12(14(26)10-4-3-5-11(17)6-10)9(2)21-13(8)15-22-23-24-25(15)7-16(18,19)20/h3-6,21H,7H2,1-2H3. The number of rotatable bonds is 4. The van der Waals surface area contributed by atoms with Crippen LogP contribution in [0.15, 0.2) is 28.7 Å². The molecule has 0 saturated heterocycles. The van der Waals surface area contributed by atoms with E-state index in [9.17, 15) is 18.0 Å². The summed E-state index contributed by atoms with van der Waals surface area (Å²) in [4.78, 5) is 15.8. The van der Waals surface area contributed by atoms with E-state index in [1.54, 1.807) is 38.1 Å². The molecular weight excluding hydrogens is 415 g/mol. The van der Waals surface area contributed by atoms with E-state index in [1.807, 2.05) is 0 Å². The molecule has 1 N–H and O–H groups in total. The second-order valence-electron chi connectivity index (χ2n) is 5.74. The molecule has 136 valence electrons. The van der Waals surface area contributed by atoms with E-state index >= 15 is 0 Å². The van der Waals surface area contributed by atoms with Gasteiger partial charge in [0.15, 0.2) is 11.6 Å². The molecule has 0 amide bonds. The molecule has 0 unspecified atom stereocenters. The Balaban J connectivity index is 2.05. The summed E-state index contributed by atoms with van der Waals surface area (Å²) in [5, 5.41) is 10.4. The summed E-state index contributed by atoms with van der Waals surface area (Å²) in [6.07, 6.45) is -4.46. The van der Waals surface area contributed by atoms with Crippen LogP contribution < -0.4 is 0 Å². The van der Waals surface area contributed by atoms with E-state index in [0.717, 1.165) is 4.47 Å². The molecule has 2 aromatic heterocycles. The molecule has 0 aliphatic heterocycles. The smallest absolute Gasteiger partial charge is 0.355 e. The van der Waals surface area contributed by atoms with Crippen molar-refractivity contribution in [1.29, 1.82) is 0 Å². The number of benzene rings is 1. The zero-order valence-corrected chi connectivity index (χ0v) is 15.3. The Kier molecular flexibility index (Phi) is 4.70. The van der Waals surface area contributed by atoms with Crippen LogP contribution in [0.1, 0.15) is 27.2 Å². The minimum atomic E-state index is -4.46. The number of aromatic nitrogens is 5. The number of aryl methyl sites for hydroxylation is 1. The van der Waals surface area contributed by atoms with Crippen molar-refractivity contribution < 1.29 is 18.0 Å². The molecule has 0 bridgehead atoms. The summed E-state index contributed by atoms with van der Waals surface area (Å²) in [6, 6.07) is 6.89. The van der Waals surface area contributed by atoms with Gasteiger partial charge < -0.3 is 4.98 Å². The van der Waals surface area contributed by atoms with Gasteiger partial charge in [-0.3, -0.25) is 4.79 Å². The number of hydrogen-bond donors (Lipinski definition) is 1. The number of carbonyl (C=O) groups excluding carboxylic acids is 1. The maximum absolute atomic E-state index is 12.9. The number of carbonyl (C=O) groups is 1. The highest BCUT2D eigenvalue weighted by Gasteiger charge is 2.31. The van der Waals surface area contributed by atoms with Crippen molar-refractivity contribution in [2.24, 2.45) is 0 Å². The summed E-state index contributed by atoms with van der Waals surface area (Å²) in [5.41, 5.74) is 2.16. The number of aromatic amines is 1. The van der Waals surface area contributed by atoms with E-state index < -0.39 is 12.7 Å². The number of nitrogens with one attached hydrogen (secondary N) is 1. The lowest BCUT2D eigenvalue weighted by Crippen LogP contribution is -2.19. The second kappa shape index (κ2) is 6.67. The molecule has 0 aliphatic carbocycles. The van der Waals surface area contributed by atoms with Crippen molar-refractivity contribution in [1.82, 2.24) is 25.2 Å². The van der Waals surface area contributed by atoms with Crippen LogP contribution in [0.2, 0.25) is 0 Å². The summed E-state index contributed by atoms with van der Waals surface area (Å²) in [7, 11) is 0. The number of nitrogens with zero attached hydrogens (tertiary/aromatic N) is 4. The van der Waals surface area contributed by atoms with Crippen LogP contribution >= 0.6 is 15.9 Å². The Bertz CT molecular complexity index is 977. The van der Waals surface area contributed by atoms with Crippen molar-refractivity contribution in [3.05, 3.63) is 51.1 Å². The summed E-state index contributed by atoms with van der Waals surface area (Å²) in [5.74, 6) is -0.310. The highest BCUT2D eigenvalue weighted by Crippen LogP contribution is 2.29. The zero-order valence-electron chi connectivity index (χ0n) is 13.7. The van der Waals surface area contributed by atoms with Gasteiger partial charge in [0.05, 0.1) is 5.69 Å². The van der Waals surface area contributed by atoms with E-state index in [4.69, 9.17) is 0 Å². The molecule has 0 fully saturated rings. The molecular formula is C16H13BrF3N5O. The fourth-order valence-electron chi connectivity index (χ4n) is 2.75. The number of hydrogen-bond acceptors (Lipinski definition) is 4. The molecule has 0 aliphatic rings. The molecule has 26 heavy (non-hydrogen) atoms. The monoisotopic (exact) mass is 427 g/mol. The fraction of sp³-hybridized carbons (Fsp3) is 0.250. The lowest BCUT2D eigenvalue weighted by atomic mass is 9.99. The van der Waals surface area contributed by atoms with Gasteiger partial charge in [0.25, 0.3) is 0 Å². The molecule has 0 atom stereocenters. The Morgan fingerprint density at radius 3 is 2.69 bits per heavy atom. The molecule has 6 nitrogen and oxygen atoms in total. The van der Waals surface area contributed by atoms with Gasteiger partial charge in [-0.1, -0.05) is 28.1 Å². The Hall–Kier alpha value is -2.49. The molecule has 1 aromatic carbocycles. The topological polar surface area (TPSA) is 76.5 Å². The minimum Gasteiger partial charge on any atom is -0.355 e. The number of ketones is 1. The van der Waals surface area contributed by atoms with Crippen molar-refractivity contribution in [3.8, 4) is 11.5 Å². The van der Waals surface area contributed by atoms with Gasteiger partial charge in [0, 0.05) is 21.3 Å². The molecule has 3 aromatic rings. The van der Waals surface area contributed by atoms with Gasteiger partial charge in [-0.2, -0.15) is 13.2 Å². The highest BCUT2D eigenvalue weighted by atomic mass is 79.9. The lowest BCUT2D eigenvalue weighted by molar-refractivity contribution is -0.142. The summed E-state index contributed by atoms with van der Waals surface area (Å²) in [6.45, 7) is 2.01. The summed E-state index contributed by atoms with van der Waals surface area (Å²) < 4.78 is 39.5. The van der Waals surface area contributed by atoms with Gasteiger partial charge in [0.2, 0.25) is 0 Å².